The van der Waals surface area contributed by atoms with Crippen LogP contribution in [0.3, 0.4) is 0 Å². The van der Waals surface area contributed by atoms with Crippen LogP contribution in [0.1, 0.15) is 19.4 Å². The Morgan fingerprint density at radius 3 is 2.56 bits per heavy atom. The molecule has 82 valence electrons. The van der Waals surface area contributed by atoms with Gasteiger partial charge in [-0.1, -0.05) is 36.3 Å². The molecule has 0 bridgehead atoms. The highest BCUT2D eigenvalue weighted by Gasteiger charge is 1.92. The molecule has 0 fully saturated rings. The number of thioether (sulfide) groups is 1. The fourth-order valence-corrected chi connectivity index (χ4v) is 1.92. The van der Waals surface area contributed by atoms with Gasteiger partial charge in [0.1, 0.15) is 0 Å². The van der Waals surface area contributed by atoms with E-state index in [1.54, 1.807) is 11.8 Å². The topological polar surface area (TPSA) is 0 Å². The molecule has 0 aliphatic rings. The molecule has 1 rings (SSSR count). The van der Waals surface area contributed by atoms with Crippen molar-refractivity contribution in [2.75, 3.05) is 0 Å². The number of allylic oxidation sites excluding steroid dienone is 3. The molecule has 1 aromatic rings. The van der Waals surface area contributed by atoms with Gasteiger partial charge in [-0.05, 0) is 65.6 Å². The van der Waals surface area contributed by atoms with Crippen molar-refractivity contribution in [3.05, 3.63) is 55.9 Å². The summed E-state index contributed by atoms with van der Waals surface area (Å²) in [7, 11) is 0. The van der Waals surface area contributed by atoms with E-state index in [1.807, 2.05) is 19.1 Å². The van der Waals surface area contributed by atoms with E-state index in [0.29, 0.717) is 0 Å². The van der Waals surface area contributed by atoms with E-state index in [0.717, 1.165) is 10.5 Å². The zero-order valence-corrected chi connectivity index (χ0v) is 12.4. The highest BCUT2D eigenvalue weighted by molar-refractivity contribution is 14.1. The summed E-state index contributed by atoms with van der Waals surface area (Å²) < 4.78 is 1.22. The number of benzene rings is 1. The molecule has 0 saturated heterocycles. The van der Waals surface area contributed by atoms with Crippen molar-refractivity contribution >= 4 is 34.4 Å². The molecule has 0 spiro atoms. The third-order valence-corrected chi connectivity index (χ3v) is 3.51. The zero-order chi connectivity index (χ0) is 12.0. The molecule has 0 N–H and O–H groups in total. The highest BCUT2D eigenvalue weighted by atomic mass is 127. The Bertz CT molecular complexity index is 458. The van der Waals surface area contributed by atoms with E-state index in [1.165, 1.54) is 8.48 Å². The van der Waals surface area contributed by atoms with Crippen LogP contribution in [0.5, 0.6) is 0 Å². The van der Waals surface area contributed by atoms with Gasteiger partial charge in [-0.2, -0.15) is 0 Å². The Labute approximate surface area is 115 Å². The Morgan fingerprint density at radius 1 is 1.38 bits per heavy atom. The maximum atomic E-state index is 3.92. The molecule has 0 saturated carbocycles. The Kier molecular flexibility index (Phi) is 5.72. The monoisotopic (exact) mass is 340 g/mol. The van der Waals surface area contributed by atoms with Crippen LogP contribution in [-0.4, -0.2) is 0 Å². The van der Waals surface area contributed by atoms with Gasteiger partial charge in [0.25, 0.3) is 0 Å². The van der Waals surface area contributed by atoms with Crippen LogP contribution in [0.2, 0.25) is 0 Å². The summed E-state index contributed by atoms with van der Waals surface area (Å²) >= 11 is 3.90. The summed E-state index contributed by atoms with van der Waals surface area (Å²) in [4.78, 5) is 2.11. The molecule has 0 amide bonds. The van der Waals surface area contributed by atoms with Gasteiger partial charge in [0.15, 0.2) is 0 Å². The minimum atomic E-state index is 0.883. The van der Waals surface area contributed by atoms with E-state index < -0.39 is 0 Å². The molecule has 0 aromatic heterocycles. The molecule has 0 atom stereocenters. The molecular weight excluding hydrogens is 327 g/mol. The Hall–Kier alpha value is -0.660. The standard InChI is InChI=1S/C14H13IS/c1-4-11(2)16-12(3)5-6-13-7-9-14(15)10-8-13/h4,7-10H,3H2,1-2H3/b11-4-. The number of rotatable bonds is 2. The van der Waals surface area contributed by atoms with Crippen LogP contribution >= 0.6 is 34.4 Å². The van der Waals surface area contributed by atoms with Crippen LogP contribution < -0.4 is 0 Å². The summed E-state index contributed by atoms with van der Waals surface area (Å²) in [6, 6.07) is 8.15. The lowest BCUT2D eigenvalue weighted by molar-refractivity contribution is 1.59. The number of hydrogen-bond acceptors (Lipinski definition) is 1. The summed E-state index contributed by atoms with van der Waals surface area (Å²) in [6.45, 7) is 8.00. The number of halogens is 1. The summed E-state index contributed by atoms with van der Waals surface area (Å²) in [5, 5.41) is 0. The first-order chi connectivity index (χ1) is 7.61. The second kappa shape index (κ2) is 6.82. The third-order valence-electron chi connectivity index (χ3n) is 1.88. The first-order valence-corrected chi connectivity index (χ1v) is 6.78. The van der Waals surface area contributed by atoms with E-state index in [-0.39, 0.29) is 0 Å². The fraction of sp³-hybridized carbons (Fsp3) is 0.143. The molecule has 0 radical (unpaired) electrons. The largest absolute Gasteiger partial charge is 0.0866 e. The van der Waals surface area contributed by atoms with Crippen LogP contribution in [0, 0.1) is 15.4 Å². The van der Waals surface area contributed by atoms with Crippen LogP contribution in [0.4, 0.5) is 0 Å². The van der Waals surface area contributed by atoms with Crippen molar-refractivity contribution in [1.82, 2.24) is 0 Å². The first-order valence-electron chi connectivity index (χ1n) is 4.89. The SMILES string of the molecule is C=C(C#Cc1ccc(I)cc1)S/C(C)=C\C. The second-order valence-electron chi connectivity index (χ2n) is 3.18. The fourth-order valence-electron chi connectivity index (χ4n) is 0.954. The molecule has 0 nitrogen and oxygen atoms in total. The van der Waals surface area contributed by atoms with Gasteiger partial charge in [-0.3, -0.25) is 0 Å². The predicted octanol–water partition coefficient (Wildman–Crippen LogP) is 4.81. The number of hydrogen-bond donors (Lipinski definition) is 0. The van der Waals surface area contributed by atoms with Crippen molar-refractivity contribution in [2.24, 2.45) is 0 Å². The lowest BCUT2D eigenvalue weighted by Gasteiger charge is -1.96. The highest BCUT2D eigenvalue weighted by Crippen LogP contribution is 2.22. The predicted molar refractivity (Wildman–Crippen MR) is 82.2 cm³/mol. The third kappa shape index (κ3) is 4.91. The maximum absolute atomic E-state index is 3.92. The van der Waals surface area contributed by atoms with Gasteiger partial charge in [0.05, 0.1) is 4.91 Å². The zero-order valence-electron chi connectivity index (χ0n) is 9.38. The average molecular weight is 340 g/mol. The van der Waals surface area contributed by atoms with Gasteiger partial charge in [-0.25, -0.2) is 0 Å². The van der Waals surface area contributed by atoms with E-state index in [4.69, 9.17) is 0 Å². The average Bonchev–Trinajstić information content (AvgIpc) is 2.28. The second-order valence-corrected chi connectivity index (χ2v) is 5.77. The van der Waals surface area contributed by atoms with Crippen molar-refractivity contribution < 1.29 is 0 Å². The van der Waals surface area contributed by atoms with Crippen molar-refractivity contribution in [3.8, 4) is 11.8 Å². The Morgan fingerprint density at radius 2 is 2.00 bits per heavy atom. The van der Waals surface area contributed by atoms with Gasteiger partial charge in [0, 0.05) is 9.13 Å². The van der Waals surface area contributed by atoms with Crippen LogP contribution in [-0.2, 0) is 0 Å². The first kappa shape index (κ1) is 13.4. The molecule has 16 heavy (non-hydrogen) atoms. The van der Waals surface area contributed by atoms with Gasteiger partial charge in [-0.15, -0.1) is 0 Å². The minimum Gasteiger partial charge on any atom is -0.0866 e. The van der Waals surface area contributed by atoms with E-state index in [9.17, 15) is 0 Å². The molecular formula is C14H13IS. The molecule has 0 heterocycles. The molecule has 1 aromatic carbocycles. The summed E-state index contributed by atoms with van der Waals surface area (Å²) in [6.07, 6.45) is 2.06. The van der Waals surface area contributed by atoms with Gasteiger partial charge in [0.2, 0.25) is 0 Å². The van der Waals surface area contributed by atoms with E-state index in [2.05, 4.69) is 66.1 Å². The Balaban J connectivity index is 2.67. The van der Waals surface area contributed by atoms with Crippen molar-refractivity contribution in [3.63, 3.8) is 0 Å². The van der Waals surface area contributed by atoms with Crippen molar-refractivity contribution in [2.45, 2.75) is 13.8 Å². The quantitative estimate of drug-likeness (QED) is 0.550. The van der Waals surface area contributed by atoms with Gasteiger partial charge < -0.3 is 0 Å². The molecule has 0 unspecified atom stereocenters. The maximum Gasteiger partial charge on any atom is 0.0549 e. The normalized spacial score (nSPS) is 10.6. The minimum absolute atomic E-state index is 0.883. The lowest BCUT2D eigenvalue weighted by Crippen LogP contribution is -1.75. The van der Waals surface area contributed by atoms with Crippen LogP contribution in [0.25, 0.3) is 0 Å². The van der Waals surface area contributed by atoms with Crippen LogP contribution in [0.15, 0.2) is 46.7 Å². The van der Waals surface area contributed by atoms with E-state index >= 15 is 0 Å². The van der Waals surface area contributed by atoms with Crippen molar-refractivity contribution in [1.29, 1.82) is 0 Å². The molecule has 0 aliphatic carbocycles. The smallest absolute Gasteiger partial charge is 0.0549 e. The van der Waals surface area contributed by atoms with Gasteiger partial charge >= 0.3 is 0 Å². The molecule has 0 aliphatic heterocycles. The summed E-state index contributed by atoms with van der Waals surface area (Å²) in [5.74, 6) is 6.16. The molecule has 2 heteroatoms. The lowest BCUT2D eigenvalue weighted by atomic mass is 10.2. The summed E-state index contributed by atoms with van der Waals surface area (Å²) in [5.41, 5.74) is 1.03.